The Morgan fingerprint density at radius 1 is 0.833 bits per heavy atom. The lowest BCUT2D eigenvalue weighted by Crippen LogP contribution is -2.34. The first-order chi connectivity index (χ1) is 14.7. The second-order valence-electron chi connectivity index (χ2n) is 7.22. The van der Waals surface area contributed by atoms with Crippen LogP contribution in [-0.2, 0) is 9.59 Å². The van der Waals surface area contributed by atoms with Crippen LogP contribution >= 0.6 is 0 Å². The molecule has 6 heteroatoms. The molecule has 2 aliphatic heterocycles. The normalized spacial score (nSPS) is 16.6. The van der Waals surface area contributed by atoms with Crippen molar-refractivity contribution in [1.29, 1.82) is 0 Å². The highest BCUT2D eigenvalue weighted by molar-refractivity contribution is 6.45. The van der Waals surface area contributed by atoms with E-state index in [1.165, 1.54) is 4.90 Å². The summed E-state index contributed by atoms with van der Waals surface area (Å²) in [4.78, 5) is 30.4. The zero-order valence-corrected chi connectivity index (χ0v) is 17.4. The number of nitrogens with zero attached hydrogens (tertiary/aromatic N) is 2. The Bertz CT molecular complexity index is 975. The molecule has 0 radical (unpaired) electrons. The Labute approximate surface area is 176 Å². The Morgan fingerprint density at radius 2 is 1.50 bits per heavy atom. The zero-order valence-electron chi connectivity index (χ0n) is 17.4. The lowest BCUT2D eigenvalue weighted by molar-refractivity contribution is -0.120. The summed E-state index contributed by atoms with van der Waals surface area (Å²) in [6, 6.07) is 14.5. The van der Waals surface area contributed by atoms with Crippen LogP contribution < -0.4 is 14.4 Å². The van der Waals surface area contributed by atoms with Gasteiger partial charge in [0.25, 0.3) is 11.8 Å². The summed E-state index contributed by atoms with van der Waals surface area (Å²) in [7, 11) is 0. The minimum Gasteiger partial charge on any atom is -0.494 e. The molecule has 156 valence electrons. The van der Waals surface area contributed by atoms with Crippen molar-refractivity contribution in [2.45, 2.75) is 26.7 Å². The van der Waals surface area contributed by atoms with E-state index in [2.05, 4.69) is 0 Å². The van der Waals surface area contributed by atoms with Gasteiger partial charge in [-0.1, -0.05) is 24.3 Å². The number of imide groups is 1. The first-order valence-electron chi connectivity index (χ1n) is 10.5. The molecule has 2 aromatic carbocycles. The first-order valence-corrected chi connectivity index (χ1v) is 10.5. The highest BCUT2D eigenvalue weighted by Gasteiger charge is 2.43. The number of benzene rings is 2. The van der Waals surface area contributed by atoms with E-state index in [0.717, 1.165) is 37.2 Å². The van der Waals surface area contributed by atoms with E-state index in [9.17, 15) is 9.59 Å². The number of rotatable bonds is 7. The van der Waals surface area contributed by atoms with Crippen molar-refractivity contribution in [3.63, 3.8) is 0 Å². The molecule has 0 bridgehead atoms. The standard InChI is InChI=1S/C24H26N2O4/c1-3-29-18-13-11-17(12-14-18)21-22(25-15-7-8-16-25)24(28)26(23(21)27)19-9-5-6-10-20(19)30-4-2/h5-6,9-14H,3-4,7-8,15-16H2,1-2H3. The van der Waals surface area contributed by atoms with E-state index in [4.69, 9.17) is 9.47 Å². The van der Waals surface area contributed by atoms with Crippen LogP contribution in [-0.4, -0.2) is 43.0 Å². The van der Waals surface area contributed by atoms with Crippen LogP contribution in [0.4, 0.5) is 5.69 Å². The summed E-state index contributed by atoms with van der Waals surface area (Å²) in [5.41, 5.74) is 2.12. The summed E-state index contributed by atoms with van der Waals surface area (Å²) >= 11 is 0. The largest absolute Gasteiger partial charge is 0.494 e. The third-order valence-corrected chi connectivity index (χ3v) is 5.34. The number of hydrogen-bond donors (Lipinski definition) is 0. The lowest BCUT2D eigenvalue weighted by Gasteiger charge is -2.21. The summed E-state index contributed by atoms with van der Waals surface area (Å²) in [5, 5.41) is 0. The van der Waals surface area contributed by atoms with E-state index < -0.39 is 0 Å². The maximum absolute atomic E-state index is 13.6. The van der Waals surface area contributed by atoms with Crippen LogP contribution in [0.2, 0.25) is 0 Å². The number of anilines is 1. The van der Waals surface area contributed by atoms with Gasteiger partial charge in [-0.25, -0.2) is 4.90 Å². The number of carbonyl (C=O) groups is 2. The second-order valence-corrected chi connectivity index (χ2v) is 7.22. The number of ether oxygens (including phenoxy) is 2. The predicted molar refractivity (Wildman–Crippen MR) is 115 cm³/mol. The van der Waals surface area contributed by atoms with Crippen LogP contribution in [0.5, 0.6) is 11.5 Å². The van der Waals surface area contributed by atoms with Crippen LogP contribution in [0.3, 0.4) is 0 Å². The SMILES string of the molecule is CCOc1ccc(C2=C(N3CCCC3)C(=O)N(c3ccccc3OCC)C2=O)cc1. The monoisotopic (exact) mass is 406 g/mol. The van der Waals surface area contributed by atoms with Crippen molar-refractivity contribution < 1.29 is 19.1 Å². The Kier molecular flexibility index (Phi) is 5.74. The van der Waals surface area contributed by atoms with Gasteiger partial charge in [0.2, 0.25) is 0 Å². The molecule has 0 aromatic heterocycles. The predicted octanol–water partition coefficient (Wildman–Crippen LogP) is 3.86. The average molecular weight is 406 g/mol. The quantitative estimate of drug-likeness (QED) is 0.654. The molecular weight excluding hydrogens is 380 g/mol. The Balaban J connectivity index is 1.79. The molecule has 1 fully saturated rings. The summed E-state index contributed by atoms with van der Waals surface area (Å²) in [6.07, 6.45) is 2.02. The highest BCUT2D eigenvalue weighted by atomic mass is 16.5. The van der Waals surface area contributed by atoms with E-state index in [-0.39, 0.29) is 11.8 Å². The lowest BCUT2D eigenvalue weighted by atomic mass is 10.0. The molecular formula is C24H26N2O4. The van der Waals surface area contributed by atoms with Crippen molar-refractivity contribution in [2.75, 3.05) is 31.2 Å². The number of carbonyl (C=O) groups excluding carboxylic acids is 2. The van der Waals surface area contributed by atoms with Crippen LogP contribution in [0.1, 0.15) is 32.3 Å². The van der Waals surface area contributed by atoms with Crippen molar-refractivity contribution >= 4 is 23.1 Å². The fourth-order valence-corrected chi connectivity index (χ4v) is 4.04. The molecule has 2 aliphatic rings. The number of para-hydroxylation sites is 2. The Hall–Kier alpha value is -3.28. The smallest absolute Gasteiger partial charge is 0.282 e. The molecule has 1 saturated heterocycles. The number of amides is 2. The second kappa shape index (κ2) is 8.61. The van der Waals surface area contributed by atoms with Gasteiger partial charge in [0.1, 0.15) is 17.2 Å². The van der Waals surface area contributed by atoms with Gasteiger partial charge in [-0.3, -0.25) is 9.59 Å². The molecule has 2 amide bonds. The molecule has 2 aromatic rings. The maximum atomic E-state index is 13.6. The van der Waals surface area contributed by atoms with Gasteiger partial charge in [-0.15, -0.1) is 0 Å². The van der Waals surface area contributed by atoms with Gasteiger partial charge < -0.3 is 14.4 Å². The maximum Gasteiger partial charge on any atom is 0.282 e. The highest BCUT2D eigenvalue weighted by Crippen LogP contribution is 2.39. The minimum absolute atomic E-state index is 0.294. The van der Waals surface area contributed by atoms with Crippen molar-refractivity contribution in [1.82, 2.24) is 4.90 Å². The van der Waals surface area contributed by atoms with Crippen LogP contribution in [0.25, 0.3) is 5.57 Å². The molecule has 30 heavy (non-hydrogen) atoms. The zero-order chi connectivity index (χ0) is 21.1. The molecule has 0 N–H and O–H groups in total. The van der Waals surface area contributed by atoms with Gasteiger partial charge in [-0.2, -0.15) is 0 Å². The fourth-order valence-electron chi connectivity index (χ4n) is 4.04. The van der Waals surface area contributed by atoms with E-state index >= 15 is 0 Å². The van der Waals surface area contributed by atoms with E-state index in [0.29, 0.717) is 35.9 Å². The van der Waals surface area contributed by atoms with Crippen molar-refractivity contribution in [3.05, 3.63) is 59.8 Å². The Morgan fingerprint density at radius 3 is 2.17 bits per heavy atom. The fraction of sp³-hybridized carbons (Fsp3) is 0.333. The van der Waals surface area contributed by atoms with Gasteiger partial charge in [-0.05, 0) is 56.5 Å². The third kappa shape index (κ3) is 3.54. The molecule has 4 rings (SSSR count). The molecule has 0 saturated carbocycles. The summed E-state index contributed by atoms with van der Waals surface area (Å²) < 4.78 is 11.2. The molecule has 0 aliphatic carbocycles. The molecule has 0 spiro atoms. The molecule has 2 heterocycles. The molecule has 6 nitrogen and oxygen atoms in total. The van der Waals surface area contributed by atoms with Gasteiger partial charge in [0, 0.05) is 13.1 Å². The van der Waals surface area contributed by atoms with Gasteiger partial charge in [0.15, 0.2) is 0 Å². The van der Waals surface area contributed by atoms with E-state index in [1.54, 1.807) is 12.1 Å². The number of likely N-dealkylation sites (tertiary alicyclic amines) is 1. The number of hydrogen-bond acceptors (Lipinski definition) is 5. The van der Waals surface area contributed by atoms with Crippen molar-refractivity contribution in [3.8, 4) is 11.5 Å². The summed E-state index contributed by atoms with van der Waals surface area (Å²) in [6.45, 7) is 6.37. The molecule has 0 atom stereocenters. The average Bonchev–Trinajstić information content (AvgIpc) is 3.36. The van der Waals surface area contributed by atoms with E-state index in [1.807, 2.05) is 55.1 Å². The minimum atomic E-state index is -0.321. The molecule has 0 unspecified atom stereocenters. The third-order valence-electron chi connectivity index (χ3n) is 5.34. The first kappa shape index (κ1) is 20.0. The summed E-state index contributed by atoms with van der Waals surface area (Å²) in [5.74, 6) is 0.645. The topological polar surface area (TPSA) is 59.1 Å². The van der Waals surface area contributed by atoms with Crippen molar-refractivity contribution in [2.24, 2.45) is 0 Å². The van der Waals surface area contributed by atoms with Gasteiger partial charge in [0.05, 0.1) is 24.5 Å². The van der Waals surface area contributed by atoms with Crippen LogP contribution in [0, 0.1) is 0 Å². The van der Waals surface area contributed by atoms with Crippen LogP contribution in [0.15, 0.2) is 54.2 Å². The van der Waals surface area contributed by atoms with Gasteiger partial charge >= 0.3 is 0 Å².